The molecule has 152 valence electrons. The Bertz CT molecular complexity index is 880. The Hall–Kier alpha value is -1.14. The minimum Gasteiger partial charge on any atom is -0.252 e. The van der Waals surface area contributed by atoms with Crippen LogP contribution in [0.3, 0.4) is 0 Å². The van der Waals surface area contributed by atoms with Crippen molar-refractivity contribution < 1.29 is 17.6 Å². The van der Waals surface area contributed by atoms with Crippen molar-refractivity contribution in [1.29, 1.82) is 0 Å². The van der Waals surface area contributed by atoms with Gasteiger partial charge in [-0.2, -0.15) is 0 Å². The van der Waals surface area contributed by atoms with Crippen LogP contribution in [0.15, 0.2) is 18.3 Å². The maximum atomic E-state index is 14.3. The first-order chi connectivity index (χ1) is 13.2. The number of fused-ring (bicyclic) bond motifs is 1. The molecule has 2 aromatic heterocycles. The number of aromatic nitrogens is 2. The average molecular weight is 435 g/mol. The second-order valence-electron chi connectivity index (χ2n) is 8.09. The summed E-state index contributed by atoms with van der Waals surface area (Å²) in [6.45, 7) is 0. The Kier molecular flexibility index (Phi) is 5.24. The van der Waals surface area contributed by atoms with E-state index in [0.29, 0.717) is 40.9 Å². The van der Waals surface area contributed by atoms with E-state index in [-0.39, 0.29) is 42.7 Å². The van der Waals surface area contributed by atoms with Crippen LogP contribution in [-0.4, -0.2) is 21.8 Å². The molecule has 0 bridgehead atoms. The number of hydrogen-bond donors (Lipinski definition) is 0. The Labute approximate surface area is 170 Å². The van der Waals surface area contributed by atoms with Gasteiger partial charge in [0.25, 0.3) is 0 Å². The van der Waals surface area contributed by atoms with Crippen molar-refractivity contribution in [3.63, 3.8) is 0 Å². The molecule has 2 nitrogen and oxygen atoms in total. The Morgan fingerprint density at radius 3 is 2.36 bits per heavy atom. The zero-order chi connectivity index (χ0) is 20.1. The highest BCUT2D eigenvalue weighted by atomic mass is 35.5. The SMILES string of the molecule is FC1(F)CCC(C2CCC(F)(F)CC2c2cc(Cl)c3c(Cl)nccc3n2)CC1. The van der Waals surface area contributed by atoms with Gasteiger partial charge in [0.1, 0.15) is 5.15 Å². The van der Waals surface area contributed by atoms with Crippen LogP contribution in [0.4, 0.5) is 17.6 Å². The molecule has 0 radical (unpaired) electrons. The van der Waals surface area contributed by atoms with Gasteiger partial charge in [-0.05, 0) is 43.2 Å². The third-order valence-corrected chi connectivity index (χ3v) is 6.86. The lowest BCUT2D eigenvalue weighted by Gasteiger charge is -2.42. The molecule has 0 N–H and O–H groups in total. The molecule has 2 aromatic rings. The summed E-state index contributed by atoms with van der Waals surface area (Å²) in [4.78, 5) is 8.55. The predicted molar refractivity (Wildman–Crippen MR) is 101 cm³/mol. The van der Waals surface area contributed by atoms with Crippen molar-refractivity contribution >= 4 is 34.1 Å². The van der Waals surface area contributed by atoms with Gasteiger partial charge < -0.3 is 0 Å². The molecule has 2 saturated carbocycles. The highest BCUT2D eigenvalue weighted by molar-refractivity contribution is 6.41. The van der Waals surface area contributed by atoms with E-state index in [1.807, 2.05) is 0 Å². The topological polar surface area (TPSA) is 25.8 Å². The quantitative estimate of drug-likeness (QED) is 0.366. The molecule has 2 aliphatic rings. The van der Waals surface area contributed by atoms with Crippen LogP contribution in [0.2, 0.25) is 10.2 Å². The van der Waals surface area contributed by atoms with E-state index in [2.05, 4.69) is 9.97 Å². The molecule has 2 aliphatic carbocycles. The van der Waals surface area contributed by atoms with E-state index in [1.165, 1.54) is 6.20 Å². The van der Waals surface area contributed by atoms with Gasteiger partial charge in [-0.3, -0.25) is 4.98 Å². The second-order valence-corrected chi connectivity index (χ2v) is 8.85. The number of pyridine rings is 2. The summed E-state index contributed by atoms with van der Waals surface area (Å²) in [5, 5.41) is 1.02. The molecule has 0 amide bonds. The van der Waals surface area contributed by atoms with E-state index in [4.69, 9.17) is 23.2 Å². The standard InChI is InChI=1S/C20H20Cl2F4N2/c21-14-9-16(28-15-4-8-27-18(22)17(14)15)13-10-20(25,26)7-3-12(13)11-1-5-19(23,24)6-2-11/h4,8-9,11-13H,1-3,5-7,10H2. The normalized spacial score (nSPS) is 27.8. The lowest BCUT2D eigenvalue weighted by atomic mass is 9.65. The highest BCUT2D eigenvalue weighted by Crippen LogP contribution is 2.52. The van der Waals surface area contributed by atoms with Crippen molar-refractivity contribution in [3.05, 3.63) is 34.2 Å². The minimum atomic E-state index is -2.79. The summed E-state index contributed by atoms with van der Waals surface area (Å²) < 4.78 is 55.7. The zero-order valence-electron chi connectivity index (χ0n) is 15.1. The maximum absolute atomic E-state index is 14.3. The molecular formula is C20H20Cl2F4N2. The summed E-state index contributed by atoms with van der Waals surface area (Å²) in [6, 6.07) is 3.24. The molecule has 0 spiro atoms. The molecule has 28 heavy (non-hydrogen) atoms. The molecule has 0 saturated heterocycles. The Morgan fingerprint density at radius 2 is 1.64 bits per heavy atom. The number of hydrogen-bond acceptors (Lipinski definition) is 2. The molecule has 0 aliphatic heterocycles. The van der Waals surface area contributed by atoms with E-state index >= 15 is 0 Å². The fourth-order valence-corrected chi connectivity index (χ4v) is 5.44. The van der Waals surface area contributed by atoms with Gasteiger partial charge in [0.2, 0.25) is 11.8 Å². The molecule has 2 atom stereocenters. The summed E-state index contributed by atoms with van der Waals surface area (Å²) in [5.74, 6) is -6.06. The monoisotopic (exact) mass is 434 g/mol. The summed E-state index contributed by atoms with van der Waals surface area (Å²) in [7, 11) is 0. The largest absolute Gasteiger partial charge is 0.252 e. The maximum Gasteiger partial charge on any atom is 0.248 e. The predicted octanol–water partition coefficient (Wildman–Crippen LogP) is 7.28. The molecule has 8 heteroatoms. The highest BCUT2D eigenvalue weighted by Gasteiger charge is 2.47. The van der Waals surface area contributed by atoms with Gasteiger partial charge in [0, 0.05) is 43.5 Å². The van der Waals surface area contributed by atoms with Crippen molar-refractivity contribution in [3.8, 4) is 0 Å². The van der Waals surface area contributed by atoms with Gasteiger partial charge in [-0.25, -0.2) is 22.5 Å². The summed E-state index contributed by atoms with van der Waals surface area (Å²) in [6.07, 6.45) is 1.62. The Balaban J connectivity index is 1.70. The lowest BCUT2D eigenvalue weighted by Crippen LogP contribution is -2.38. The van der Waals surface area contributed by atoms with E-state index in [0.717, 1.165) is 0 Å². The number of alkyl halides is 4. The molecular weight excluding hydrogens is 415 g/mol. The molecule has 0 aromatic carbocycles. The summed E-state index contributed by atoms with van der Waals surface area (Å²) in [5.41, 5.74) is 0.992. The van der Waals surface area contributed by atoms with Crippen LogP contribution in [0.5, 0.6) is 0 Å². The molecule has 2 fully saturated rings. The van der Waals surface area contributed by atoms with Crippen molar-refractivity contribution in [2.75, 3.05) is 0 Å². The van der Waals surface area contributed by atoms with Crippen molar-refractivity contribution in [2.24, 2.45) is 11.8 Å². The number of nitrogens with zero attached hydrogens (tertiary/aromatic N) is 2. The molecule has 2 unspecified atom stereocenters. The summed E-state index contributed by atoms with van der Waals surface area (Å²) >= 11 is 12.5. The van der Waals surface area contributed by atoms with Crippen LogP contribution >= 0.6 is 23.2 Å². The van der Waals surface area contributed by atoms with Gasteiger partial charge >= 0.3 is 0 Å². The first-order valence-electron chi connectivity index (χ1n) is 9.51. The van der Waals surface area contributed by atoms with Crippen LogP contribution < -0.4 is 0 Å². The number of halogens is 6. The van der Waals surface area contributed by atoms with Crippen LogP contribution in [0.25, 0.3) is 10.9 Å². The first kappa shape index (κ1) is 20.1. The lowest BCUT2D eigenvalue weighted by molar-refractivity contribution is -0.0840. The average Bonchev–Trinajstić information content (AvgIpc) is 2.61. The smallest absolute Gasteiger partial charge is 0.248 e. The Morgan fingerprint density at radius 1 is 0.964 bits per heavy atom. The van der Waals surface area contributed by atoms with Crippen LogP contribution in [0, 0.1) is 11.8 Å². The van der Waals surface area contributed by atoms with Gasteiger partial charge in [-0.1, -0.05) is 23.2 Å². The number of rotatable bonds is 2. The van der Waals surface area contributed by atoms with Crippen LogP contribution in [-0.2, 0) is 0 Å². The van der Waals surface area contributed by atoms with E-state index in [1.54, 1.807) is 12.1 Å². The minimum absolute atomic E-state index is 0.00183. The zero-order valence-corrected chi connectivity index (χ0v) is 16.6. The van der Waals surface area contributed by atoms with Crippen LogP contribution in [0.1, 0.15) is 56.6 Å². The van der Waals surface area contributed by atoms with Crippen molar-refractivity contribution in [1.82, 2.24) is 9.97 Å². The van der Waals surface area contributed by atoms with E-state index in [9.17, 15) is 17.6 Å². The molecule has 4 rings (SSSR count). The second kappa shape index (κ2) is 7.28. The third kappa shape index (κ3) is 3.95. The third-order valence-electron chi connectivity index (χ3n) is 6.27. The van der Waals surface area contributed by atoms with Gasteiger partial charge in [-0.15, -0.1) is 0 Å². The van der Waals surface area contributed by atoms with E-state index < -0.39 is 17.8 Å². The fourth-order valence-electron chi connectivity index (χ4n) is 4.84. The van der Waals surface area contributed by atoms with Gasteiger partial charge in [0.15, 0.2) is 0 Å². The molecule has 2 heterocycles. The van der Waals surface area contributed by atoms with Gasteiger partial charge in [0.05, 0.1) is 15.9 Å². The first-order valence-corrected chi connectivity index (χ1v) is 10.3. The fraction of sp³-hybridized carbons (Fsp3) is 0.600. The van der Waals surface area contributed by atoms with Crippen molar-refractivity contribution in [2.45, 2.75) is 62.7 Å².